The summed E-state index contributed by atoms with van der Waals surface area (Å²) >= 11 is 0. The minimum absolute atomic E-state index is 0.256. The van der Waals surface area contributed by atoms with Gasteiger partial charge in [0.1, 0.15) is 5.54 Å². The van der Waals surface area contributed by atoms with Gasteiger partial charge in [0.15, 0.2) is 0 Å². The number of rotatable bonds is 3. The normalized spacial score (nSPS) is 28.9. The second-order valence-corrected chi connectivity index (χ2v) is 5.62. The van der Waals surface area contributed by atoms with Crippen LogP contribution >= 0.6 is 0 Å². The van der Waals surface area contributed by atoms with Crippen molar-refractivity contribution >= 4 is 16.2 Å². The number of carbonyl (C=O) groups is 1. The van der Waals surface area contributed by atoms with Crippen molar-refractivity contribution in [2.75, 3.05) is 13.6 Å². The Morgan fingerprint density at radius 3 is 2.53 bits per heavy atom. The second kappa shape index (κ2) is 4.07. The van der Waals surface area contributed by atoms with Crippen LogP contribution in [0.3, 0.4) is 0 Å². The maximum absolute atomic E-state index is 11.6. The quantitative estimate of drug-likeness (QED) is 0.709. The highest BCUT2D eigenvalue weighted by atomic mass is 32.2. The van der Waals surface area contributed by atoms with Gasteiger partial charge >= 0.3 is 5.97 Å². The van der Waals surface area contributed by atoms with Crippen molar-refractivity contribution in [2.45, 2.75) is 31.7 Å². The minimum atomic E-state index is -3.67. The molecule has 0 saturated carbocycles. The molecule has 6 nitrogen and oxygen atoms in total. The molecule has 0 aliphatic carbocycles. The Hall–Kier alpha value is -0.660. The molecule has 0 aromatic heterocycles. The molecule has 1 saturated heterocycles. The Bertz CT molecular complexity index is 354. The van der Waals surface area contributed by atoms with E-state index >= 15 is 0 Å². The molecule has 1 fully saturated rings. The Kier molecular flexibility index (Phi) is 3.37. The van der Waals surface area contributed by atoms with Crippen LogP contribution in [0.5, 0.6) is 0 Å². The molecular weight excluding hydrogens is 220 g/mol. The molecule has 1 aliphatic rings. The molecule has 0 amide bonds. The zero-order chi connectivity index (χ0) is 11.7. The smallest absolute Gasteiger partial charge is 0.324 e. The summed E-state index contributed by atoms with van der Waals surface area (Å²) in [6.07, 6.45) is 1.78. The molecule has 88 valence electrons. The molecule has 0 bridgehead atoms. The fraction of sp³-hybridized carbons (Fsp3) is 0.875. The molecule has 0 spiro atoms. The summed E-state index contributed by atoms with van der Waals surface area (Å²) < 4.78 is 26.4. The van der Waals surface area contributed by atoms with Crippen LogP contribution in [0.25, 0.3) is 0 Å². The van der Waals surface area contributed by atoms with Crippen molar-refractivity contribution in [1.29, 1.82) is 0 Å². The average molecular weight is 236 g/mol. The van der Waals surface area contributed by atoms with E-state index in [-0.39, 0.29) is 6.54 Å². The maximum Gasteiger partial charge on any atom is 0.324 e. The van der Waals surface area contributed by atoms with Gasteiger partial charge in [-0.2, -0.15) is 12.7 Å². The number of aliphatic carboxylic acids is 1. The summed E-state index contributed by atoms with van der Waals surface area (Å²) in [5.74, 6) is -1.10. The van der Waals surface area contributed by atoms with Gasteiger partial charge in [-0.1, -0.05) is 0 Å². The topological polar surface area (TPSA) is 86.7 Å². The van der Waals surface area contributed by atoms with E-state index in [1.807, 2.05) is 0 Å². The number of carboxylic acid groups (broad SMARTS) is 1. The van der Waals surface area contributed by atoms with E-state index in [1.54, 1.807) is 0 Å². The van der Waals surface area contributed by atoms with E-state index in [2.05, 4.69) is 4.72 Å². The molecule has 0 aromatic carbocycles. The molecular formula is C8H16N2O4S. The van der Waals surface area contributed by atoms with Crippen molar-refractivity contribution < 1.29 is 18.3 Å². The van der Waals surface area contributed by atoms with Gasteiger partial charge in [-0.05, 0) is 26.2 Å². The van der Waals surface area contributed by atoms with Crippen LogP contribution in [0.4, 0.5) is 0 Å². The van der Waals surface area contributed by atoms with E-state index in [1.165, 1.54) is 14.0 Å². The molecule has 1 unspecified atom stereocenters. The lowest BCUT2D eigenvalue weighted by atomic mass is 9.91. The van der Waals surface area contributed by atoms with E-state index in [0.29, 0.717) is 12.8 Å². The third-order valence-corrected chi connectivity index (χ3v) is 4.52. The van der Waals surface area contributed by atoms with E-state index in [4.69, 9.17) is 5.11 Å². The molecule has 1 heterocycles. The third-order valence-electron chi connectivity index (χ3n) is 2.83. The first kappa shape index (κ1) is 12.4. The Balaban J connectivity index is 3.09. The van der Waals surface area contributed by atoms with Gasteiger partial charge in [0, 0.05) is 13.6 Å². The van der Waals surface area contributed by atoms with Crippen LogP contribution in [-0.2, 0) is 15.0 Å². The zero-order valence-corrected chi connectivity index (χ0v) is 9.67. The highest BCUT2D eigenvalue weighted by Crippen LogP contribution is 2.30. The first-order valence-electron chi connectivity index (χ1n) is 4.79. The first-order valence-corrected chi connectivity index (χ1v) is 6.23. The van der Waals surface area contributed by atoms with Crippen LogP contribution < -0.4 is 4.72 Å². The number of hydrogen-bond acceptors (Lipinski definition) is 3. The van der Waals surface area contributed by atoms with Gasteiger partial charge in [-0.25, -0.2) is 4.72 Å². The number of nitrogens with one attached hydrogen (secondary N) is 1. The fourth-order valence-corrected chi connectivity index (χ4v) is 3.10. The van der Waals surface area contributed by atoms with Crippen molar-refractivity contribution in [2.24, 2.45) is 0 Å². The van der Waals surface area contributed by atoms with Gasteiger partial charge in [0.2, 0.25) is 0 Å². The molecule has 2 N–H and O–H groups in total. The van der Waals surface area contributed by atoms with Crippen molar-refractivity contribution in [3.8, 4) is 0 Å². The fourth-order valence-electron chi connectivity index (χ4n) is 1.81. The Morgan fingerprint density at radius 2 is 2.07 bits per heavy atom. The van der Waals surface area contributed by atoms with Crippen LogP contribution in [0, 0.1) is 0 Å². The minimum Gasteiger partial charge on any atom is -0.480 e. The molecule has 15 heavy (non-hydrogen) atoms. The summed E-state index contributed by atoms with van der Waals surface area (Å²) in [6.45, 7) is 1.70. The monoisotopic (exact) mass is 236 g/mol. The van der Waals surface area contributed by atoms with Crippen LogP contribution in [0.2, 0.25) is 0 Å². The second-order valence-electron chi connectivity index (χ2n) is 3.82. The van der Waals surface area contributed by atoms with Gasteiger partial charge < -0.3 is 5.11 Å². The summed E-state index contributed by atoms with van der Waals surface area (Å²) in [5.41, 5.74) is -1.32. The first-order chi connectivity index (χ1) is 6.84. The Morgan fingerprint density at radius 1 is 1.47 bits per heavy atom. The van der Waals surface area contributed by atoms with Gasteiger partial charge in [0.25, 0.3) is 10.2 Å². The van der Waals surface area contributed by atoms with E-state index in [9.17, 15) is 13.2 Å². The molecule has 1 rings (SSSR count). The lowest BCUT2D eigenvalue weighted by Gasteiger charge is -2.39. The largest absolute Gasteiger partial charge is 0.480 e. The summed E-state index contributed by atoms with van der Waals surface area (Å²) in [7, 11) is -2.39. The van der Waals surface area contributed by atoms with Gasteiger partial charge in [-0.3, -0.25) is 4.79 Å². The zero-order valence-electron chi connectivity index (χ0n) is 8.86. The van der Waals surface area contributed by atoms with Crippen molar-refractivity contribution in [3.05, 3.63) is 0 Å². The standard InChI is InChI=1S/C8H16N2O4S/c1-8(7(11)12)5-3-4-6-10(8)15(13,14)9-2/h9H,3-6H2,1-2H3,(H,11,12). The number of nitrogens with zero attached hydrogens (tertiary/aromatic N) is 1. The lowest BCUT2D eigenvalue weighted by Crippen LogP contribution is -2.59. The van der Waals surface area contributed by atoms with E-state index < -0.39 is 21.7 Å². The molecule has 7 heteroatoms. The highest BCUT2D eigenvalue weighted by molar-refractivity contribution is 7.87. The average Bonchev–Trinajstić information content (AvgIpc) is 2.18. The predicted octanol–water partition coefficient (Wildman–Crippen LogP) is -0.220. The van der Waals surface area contributed by atoms with Crippen molar-refractivity contribution in [1.82, 2.24) is 9.03 Å². The summed E-state index contributed by atoms with van der Waals surface area (Å²) in [4.78, 5) is 11.1. The number of piperidine rings is 1. The molecule has 1 aliphatic heterocycles. The summed E-state index contributed by atoms with van der Waals surface area (Å²) in [5, 5.41) is 9.09. The van der Waals surface area contributed by atoms with E-state index in [0.717, 1.165) is 10.7 Å². The van der Waals surface area contributed by atoms with Crippen LogP contribution in [0.15, 0.2) is 0 Å². The van der Waals surface area contributed by atoms with Gasteiger partial charge in [-0.15, -0.1) is 0 Å². The highest BCUT2D eigenvalue weighted by Gasteiger charge is 2.46. The maximum atomic E-state index is 11.6. The SMILES string of the molecule is CNS(=O)(=O)N1CCCCC1(C)C(=O)O. The van der Waals surface area contributed by atoms with Gasteiger partial charge in [0.05, 0.1) is 0 Å². The Labute approximate surface area is 89.4 Å². The number of hydrogen-bond donors (Lipinski definition) is 2. The van der Waals surface area contributed by atoms with Crippen LogP contribution in [0.1, 0.15) is 26.2 Å². The van der Waals surface area contributed by atoms with Crippen LogP contribution in [-0.4, -0.2) is 42.9 Å². The molecule has 0 radical (unpaired) electrons. The lowest BCUT2D eigenvalue weighted by molar-refractivity contribution is -0.149. The summed E-state index contributed by atoms with van der Waals surface area (Å²) in [6, 6.07) is 0. The molecule has 0 aromatic rings. The molecule has 1 atom stereocenters. The third kappa shape index (κ3) is 2.14. The number of carboxylic acids is 1. The van der Waals surface area contributed by atoms with Crippen molar-refractivity contribution in [3.63, 3.8) is 0 Å². The predicted molar refractivity (Wildman–Crippen MR) is 54.6 cm³/mol.